The lowest BCUT2D eigenvalue weighted by Gasteiger charge is -2.12. The van der Waals surface area contributed by atoms with E-state index >= 15 is 0 Å². The van der Waals surface area contributed by atoms with E-state index in [1.54, 1.807) is 24.3 Å². The van der Waals surface area contributed by atoms with Gasteiger partial charge in [0.2, 0.25) is 15.9 Å². The van der Waals surface area contributed by atoms with Crippen LogP contribution in [0.25, 0.3) is 5.69 Å². The van der Waals surface area contributed by atoms with Crippen LogP contribution >= 0.6 is 11.6 Å². The summed E-state index contributed by atoms with van der Waals surface area (Å²) in [4.78, 5) is 11.9. The summed E-state index contributed by atoms with van der Waals surface area (Å²) in [7, 11) is -4.31. The quantitative estimate of drug-likeness (QED) is 0.547. The first-order valence-electron chi connectivity index (χ1n) is 8.73. The number of amides is 1. The van der Waals surface area contributed by atoms with Gasteiger partial charge in [0.25, 0.3) is 6.43 Å². The topological polar surface area (TPSA) is 107 Å². The Balaban J connectivity index is 1.89. The molecule has 0 radical (unpaired) electrons. The maximum Gasteiger partial charge on any atom is 0.273 e. The third kappa shape index (κ3) is 5.43. The minimum atomic E-state index is -4.31. The maximum absolute atomic E-state index is 13.5. The number of nitrogens with two attached hydrogens (primary N) is 1. The van der Waals surface area contributed by atoms with Crippen molar-refractivity contribution in [3.05, 3.63) is 71.0 Å². The zero-order chi connectivity index (χ0) is 22.8. The average Bonchev–Trinajstić information content (AvgIpc) is 3.18. The maximum atomic E-state index is 13.5. The fraction of sp³-hybridized carbons (Fsp3) is 0.158. The Bertz CT molecular complexity index is 1220. The Labute approximate surface area is 180 Å². The van der Waals surface area contributed by atoms with Gasteiger partial charge in [0.05, 0.1) is 18.3 Å². The first-order chi connectivity index (χ1) is 14.6. The molecule has 7 nitrogen and oxygen atoms in total. The predicted molar refractivity (Wildman–Crippen MR) is 109 cm³/mol. The van der Waals surface area contributed by atoms with E-state index in [0.717, 1.165) is 23.1 Å². The third-order valence-corrected chi connectivity index (χ3v) is 5.56. The van der Waals surface area contributed by atoms with E-state index in [-0.39, 0.29) is 17.8 Å². The van der Waals surface area contributed by atoms with Crippen molar-refractivity contribution in [1.29, 1.82) is 0 Å². The molecule has 3 aromatic rings. The molecular weight excluding hydrogens is 457 g/mol. The van der Waals surface area contributed by atoms with Gasteiger partial charge < -0.3 is 5.32 Å². The first-order valence-corrected chi connectivity index (χ1v) is 10.7. The molecular formula is C19H16ClF3N4O3S. The number of nitrogens with zero attached hydrogens (tertiary/aromatic N) is 2. The first kappa shape index (κ1) is 22.8. The van der Waals surface area contributed by atoms with Crippen LogP contribution in [-0.2, 0) is 21.2 Å². The van der Waals surface area contributed by atoms with Gasteiger partial charge in [0, 0.05) is 22.5 Å². The van der Waals surface area contributed by atoms with Crippen molar-refractivity contribution in [2.24, 2.45) is 5.14 Å². The number of rotatable bonds is 7. The number of halogens is 4. The summed E-state index contributed by atoms with van der Waals surface area (Å²) in [6, 6.07) is 10.5. The summed E-state index contributed by atoms with van der Waals surface area (Å²) in [5, 5.41) is 11.9. The number of hydrogen-bond donors (Lipinski definition) is 2. The molecule has 0 fully saturated rings. The summed E-state index contributed by atoms with van der Waals surface area (Å²) in [5.41, 5.74) is 0.175. The Morgan fingerprint density at radius 1 is 1.19 bits per heavy atom. The van der Waals surface area contributed by atoms with E-state index in [4.69, 9.17) is 16.7 Å². The summed E-state index contributed by atoms with van der Waals surface area (Å²) in [6.45, 7) is 0. The van der Waals surface area contributed by atoms with Crippen LogP contribution in [0.2, 0.25) is 5.02 Å². The molecule has 0 aliphatic carbocycles. The standard InChI is InChI=1S/C19H16ClF3N4O3S/c20-14-4-2-1-3-11(14)7-17(28)26-13-5-6-15(16(8-13)31(24,29)30)27-10-12(9-25-27)18(21)19(22)23/h1-6,8-10,18-19H,7H2,(H,26,28)(H2,24,29,30). The van der Waals surface area contributed by atoms with Crippen LogP contribution < -0.4 is 10.5 Å². The van der Waals surface area contributed by atoms with E-state index in [9.17, 15) is 26.4 Å². The van der Waals surface area contributed by atoms with Gasteiger partial charge >= 0.3 is 0 Å². The lowest BCUT2D eigenvalue weighted by molar-refractivity contribution is -0.115. The van der Waals surface area contributed by atoms with Crippen LogP contribution in [0, 0.1) is 0 Å². The molecule has 3 N–H and O–H groups in total. The molecule has 0 saturated heterocycles. The molecule has 0 bridgehead atoms. The highest BCUT2D eigenvalue weighted by Crippen LogP contribution is 2.28. The number of primary sulfonamides is 1. The average molecular weight is 473 g/mol. The number of carbonyl (C=O) groups excluding carboxylic acids is 1. The van der Waals surface area contributed by atoms with Crippen LogP contribution in [0.15, 0.2) is 59.8 Å². The smallest absolute Gasteiger partial charge is 0.273 e. The largest absolute Gasteiger partial charge is 0.326 e. The van der Waals surface area contributed by atoms with Gasteiger partial charge in [-0.25, -0.2) is 31.4 Å². The number of sulfonamides is 1. The Kier molecular flexibility index (Phi) is 6.68. The Hall–Kier alpha value is -2.89. The normalized spacial score (nSPS) is 12.7. The number of hydrogen-bond acceptors (Lipinski definition) is 4. The number of aromatic nitrogens is 2. The van der Waals surface area contributed by atoms with Crippen LogP contribution in [0.5, 0.6) is 0 Å². The van der Waals surface area contributed by atoms with Crippen LogP contribution in [0.3, 0.4) is 0 Å². The van der Waals surface area contributed by atoms with E-state index < -0.39 is 39.0 Å². The minimum absolute atomic E-state index is 0.0554. The molecule has 2 aromatic carbocycles. The molecule has 1 amide bonds. The van der Waals surface area contributed by atoms with Gasteiger partial charge in [0.1, 0.15) is 4.90 Å². The molecule has 0 aliphatic heterocycles. The van der Waals surface area contributed by atoms with E-state index in [1.165, 1.54) is 12.1 Å². The van der Waals surface area contributed by atoms with Crippen molar-refractivity contribution in [3.63, 3.8) is 0 Å². The van der Waals surface area contributed by atoms with E-state index in [1.807, 2.05) is 0 Å². The summed E-state index contributed by atoms with van der Waals surface area (Å²) >= 11 is 6.03. The highest BCUT2D eigenvalue weighted by atomic mass is 35.5. The second kappa shape index (κ2) is 9.08. The SMILES string of the molecule is NS(=O)(=O)c1cc(NC(=O)Cc2ccccc2Cl)ccc1-n1cc(C(F)C(F)F)cn1. The second-order valence-electron chi connectivity index (χ2n) is 6.50. The van der Waals surface area contributed by atoms with Gasteiger partial charge in [-0.1, -0.05) is 29.8 Å². The third-order valence-electron chi connectivity index (χ3n) is 4.25. The van der Waals surface area contributed by atoms with Crippen LogP contribution in [0.4, 0.5) is 18.9 Å². The van der Waals surface area contributed by atoms with Crippen molar-refractivity contribution in [2.75, 3.05) is 5.32 Å². The molecule has 164 valence electrons. The fourth-order valence-corrected chi connectivity index (χ4v) is 3.73. The Morgan fingerprint density at radius 3 is 2.55 bits per heavy atom. The highest BCUT2D eigenvalue weighted by molar-refractivity contribution is 7.89. The number of anilines is 1. The monoisotopic (exact) mass is 472 g/mol. The Morgan fingerprint density at radius 2 is 1.90 bits per heavy atom. The van der Waals surface area contributed by atoms with Crippen molar-refractivity contribution in [1.82, 2.24) is 9.78 Å². The van der Waals surface area contributed by atoms with Gasteiger partial charge in [-0.15, -0.1) is 0 Å². The number of nitrogens with one attached hydrogen (secondary N) is 1. The lowest BCUT2D eigenvalue weighted by atomic mass is 10.1. The lowest BCUT2D eigenvalue weighted by Crippen LogP contribution is -2.18. The van der Waals surface area contributed by atoms with Crippen molar-refractivity contribution < 1.29 is 26.4 Å². The van der Waals surface area contributed by atoms with Crippen molar-refractivity contribution >= 4 is 33.2 Å². The molecule has 1 aromatic heterocycles. The second-order valence-corrected chi connectivity index (χ2v) is 8.44. The summed E-state index contributed by atoms with van der Waals surface area (Å²) in [6.07, 6.45) is -4.08. The molecule has 1 unspecified atom stereocenters. The van der Waals surface area contributed by atoms with Crippen LogP contribution in [0.1, 0.15) is 17.3 Å². The zero-order valence-corrected chi connectivity index (χ0v) is 17.2. The summed E-state index contributed by atoms with van der Waals surface area (Å²) < 4.78 is 63.7. The molecule has 1 heterocycles. The van der Waals surface area contributed by atoms with Gasteiger partial charge in [0.15, 0.2) is 6.17 Å². The molecule has 1 atom stereocenters. The van der Waals surface area contributed by atoms with E-state index in [0.29, 0.717) is 10.6 Å². The van der Waals surface area contributed by atoms with Gasteiger partial charge in [-0.05, 0) is 29.8 Å². The van der Waals surface area contributed by atoms with Crippen molar-refractivity contribution in [3.8, 4) is 5.69 Å². The molecule has 0 spiro atoms. The molecule has 12 heteroatoms. The number of benzene rings is 2. The van der Waals surface area contributed by atoms with Crippen LogP contribution in [-0.4, -0.2) is 30.5 Å². The fourth-order valence-electron chi connectivity index (χ4n) is 2.79. The molecule has 0 aliphatic rings. The molecule has 3 rings (SSSR count). The summed E-state index contributed by atoms with van der Waals surface area (Å²) in [5.74, 6) is -0.459. The molecule has 31 heavy (non-hydrogen) atoms. The highest BCUT2D eigenvalue weighted by Gasteiger charge is 2.24. The zero-order valence-electron chi connectivity index (χ0n) is 15.7. The molecule has 0 saturated carbocycles. The van der Waals surface area contributed by atoms with E-state index in [2.05, 4.69) is 10.4 Å². The predicted octanol–water partition coefficient (Wildman–Crippen LogP) is 3.63. The number of carbonyl (C=O) groups is 1. The minimum Gasteiger partial charge on any atom is -0.326 e. The van der Waals surface area contributed by atoms with Gasteiger partial charge in [-0.2, -0.15) is 5.10 Å². The van der Waals surface area contributed by atoms with Gasteiger partial charge in [-0.3, -0.25) is 4.79 Å². The number of alkyl halides is 3. The van der Waals surface area contributed by atoms with Crippen molar-refractivity contribution in [2.45, 2.75) is 23.9 Å².